The third-order valence-corrected chi connectivity index (χ3v) is 8.27. The Morgan fingerprint density at radius 1 is 0.976 bits per heavy atom. The van der Waals surface area contributed by atoms with E-state index in [0.29, 0.717) is 28.9 Å². The lowest BCUT2D eigenvalue weighted by molar-refractivity contribution is 0.411. The Hall–Kier alpha value is -3.82. The zero-order chi connectivity index (χ0) is 28.5. The molecule has 2 saturated heterocycles. The van der Waals surface area contributed by atoms with Gasteiger partial charge < -0.3 is 20.9 Å². The summed E-state index contributed by atoms with van der Waals surface area (Å²) in [5.74, 6) is 0.465. The molecule has 2 aliphatic heterocycles. The number of fused-ring (bicyclic) bond motifs is 1. The van der Waals surface area contributed by atoms with Gasteiger partial charge >= 0.3 is 0 Å². The minimum Gasteiger partial charge on any atom is -0.369 e. The van der Waals surface area contributed by atoms with Crippen molar-refractivity contribution in [3.05, 3.63) is 69.8 Å². The monoisotopic (exact) mass is 552 g/mol. The maximum absolute atomic E-state index is 13.9. The van der Waals surface area contributed by atoms with E-state index in [2.05, 4.69) is 57.0 Å². The number of piperazine rings is 1. The predicted octanol–water partition coefficient (Wildman–Crippen LogP) is 5.02. The molecule has 2 aliphatic rings. The maximum atomic E-state index is 13.9. The molecule has 9 heteroatoms. The van der Waals surface area contributed by atoms with E-state index in [4.69, 9.17) is 9.97 Å². The van der Waals surface area contributed by atoms with Crippen molar-refractivity contribution < 1.29 is 0 Å². The van der Waals surface area contributed by atoms with Crippen molar-refractivity contribution in [1.82, 2.24) is 30.2 Å². The molecule has 3 aromatic heterocycles. The molecule has 0 aliphatic carbocycles. The number of hydrogen-bond acceptors (Lipinski definition) is 8. The first-order valence-electron chi connectivity index (χ1n) is 14.8. The Labute approximate surface area is 241 Å². The summed E-state index contributed by atoms with van der Waals surface area (Å²) in [7, 11) is 0. The van der Waals surface area contributed by atoms with Gasteiger partial charge in [-0.3, -0.25) is 14.3 Å². The number of rotatable bonds is 6. The van der Waals surface area contributed by atoms with E-state index in [9.17, 15) is 4.79 Å². The van der Waals surface area contributed by atoms with E-state index in [1.807, 2.05) is 33.0 Å². The zero-order valence-electron chi connectivity index (χ0n) is 24.5. The molecule has 2 fully saturated rings. The number of nitrogens with zero attached hydrogens (tertiary/aromatic N) is 5. The first-order chi connectivity index (χ1) is 19.9. The fourth-order valence-electron chi connectivity index (χ4n) is 6.16. The topological polar surface area (TPSA) is 100 Å². The summed E-state index contributed by atoms with van der Waals surface area (Å²) in [5.41, 5.74) is 7.38. The molecule has 4 aromatic rings. The van der Waals surface area contributed by atoms with Gasteiger partial charge in [0.15, 0.2) is 0 Å². The fraction of sp³-hybridized carbons (Fsp3) is 0.438. The first-order valence-corrected chi connectivity index (χ1v) is 14.8. The lowest BCUT2D eigenvalue weighted by Crippen LogP contribution is -2.43. The third-order valence-electron chi connectivity index (χ3n) is 8.27. The number of aryl methyl sites for hydroxylation is 2. The van der Waals surface area contributed by atoms with Crippen LogP contribution in [0.3, 0.4) is 0 Å². The summed E-state index contributed by atoms with van der Waals surface area (Å²) in [4.78, 5) is 30.5. The molecule has 1 aromatic carbocycles. The average Bonchev–Trinajstić information content (AvgIpc) is 2.98. The Morgan fingerprint density at radius 2 is 1.80 bits per heavy atom. The highest BCUT2D eigenvalue weighted by Gasteiger charge is 2.20. The van der Waals surface area contributed by atoms with Crippen molar-refractivity contribution >= 4 is 28.4 Å². The Balaban J connectivity index is 1.32. The molecule has 0 spiro atoms. The van der Waals surface area contributed by atoms with Crippen LogP contribution in [0, 0.1) is 13.8 Å². The van der Waals surface area contributed by atoms with Crippen LogP contribution in [-0.2, 0) is 0 Å². The zero-order valence-corrected chi connectivity index (χ0v) is 24.5. The van der Waals surface area contributed by atoms with Gasteiger partial charge in [0, 0.05) is 67.4 Å². The predicted molar refractivity (Wildman–Crippen MR) is 166 cm³/mol. The SMILES string of the molecule is Cc1cc(Nc2ncc3cc(-c4ncc(C5CCCCN5)cc4C)c(=O)n(C(C)C)c3n2)ccc1N1CCNCC1. The summed E-state index contributed by atoms with van der Waals surface area (Å²) >= 11 is 0. The van der Waals surface area contributed by atoms with Crippen molar-refractivity contribution in [1.29, 1.82) is 0 Å². The van der Waals surface area contributed by atoms with E-state index >= 15 is 0 Å². The largest absolute Gasteiger partial charge is 0.369 e. The second-order valence-electron chi connectivity index (χ2n) is 11.6. The highest BCUT2D eigenvalue weighted by atomic mass is 16.1. The van der Waals surface area contributed by atoms with Crippen LogP contribution in [0.4, 0.5) is 17.3 Å². The Bertz CT molecular complexity index is 1620. The molecule has 6 rings (SSSR count). The van der Waals surface area contributed by atoms with E-state index in [-0.39, 0.29) is 11.6 Å². The van der Waals surface area contributed by atoms with Crippen LogP contribution in [0.5, 0.6) is 0 Å². The van der Waals surface area contributed by atoms with Crippen molar-refractivity contribution in [3.8, 4) is 11.3 Å². The highest BCUT2D eigenvalue weighted by molar-refractivity contribution is 5.82. The fourth-order valence-corrected chi connectivity index (χ4v) is 6.16. The molecule has 9 nitrogen and oxygen atoms in total. The summed E-state index contributed by atoms with van der Waals surface area (Å²) < 4.78 is 1.76. The number of nitrogens with one attached hydrogen (secondary N) is 3. The van der Waals surface area contributed by atoms with Crippen LogP contribution in [-0.4, -0.2) is 52.2 Å². The van der Waals surface area contributed by atoms with Gasteiger partial charge in [0.2, 0.25) is 5.95 Å². The lowest BCUT2D eigenvalue weighted by Gasteiger charge is -2.30. The molecule has 1 atom stereocenters. The number of pyridine rings is 2. The number of hydrogen-bond donors (Lipinski definition) is 3. The summed E-state index contributed by atoms with van der Waals surface area (Å²) in [6.07, 6.45) is 7.28. The van der Waals surface area contributed by atoms with Crippen LogP contribution >= 0.6 is 0 Å². The van der Waals surface area contributed by atoms with Crippen molar-refractivity contribution in [2.75, 3.05) is 42.9 Å². The molecular formula is C32H40N8O. The Morgan fingerprint density at radius 3 is 2.51 bits per heavy atom. The summed E-state index contributed by atoms with van der Waals surface area (Å²) in [5, 5.41) is 11.2. The molecule has 5 heterocycles. The standard InChI is InChI=1S/C32H40N8O/c1-20(2)40-30-24(17-26(31(40)41)29-22(4)15-23(18-35-29)27-7-5-6-10-34-27)19-36-32(38-30)37-25-8-9-28(21(3)16-25)39-13-11-33-12-14-39/h8-9,15-20,27,33-34H,5-7,10-14H2,1-4H3,(H,36,37,38). The molecule has 0 bridgehead atoms. The van der Waals surface area contributed by atoms with E-state index < -0.39 is 0 Å². The Kier molecular flexibility index (Phi) is 7.73. The molecule has 0 radical (unpaired) electrons. The van der Waals surface area contributed by atoms with Crippen LogP contribution in [0.2, 0.25) is 0 Å². The number of benzene rings is 1. The van der Waals surface area contributed by atoms with Crippen molar-refractivity contribution in [2.24, 2.45) is 0 Å². The van der Waals surface area contributed by atoms with Crippen LogP contribution in [0.15, 0.2) is 47.5 Å². The highest BCUT2D eigenvalue weighted by Crippen LogP contribution is 2.29. The van der Waals surface area contributed by atoms with Gasteiger partial charge in [0.05, 0.1) is 11.3 Å². The second-order valence-corrected chi connectivity index (χ2v) is 11.6. The van der Waals surface area contributed by atoms with Crippen LogP contribution < -0.4 is 26.4 Å². The number of piperidine rings is 1. The van der Waals surface area contributed by atoms with Crippen molar-refractivity contribution in [3.63, 3.8) is 0 Å². The molecule has 0 saturated carbocycles. The summed E-state index contributed by atoms with van der Waals surface area (Å²) in [6, 6.07) is 10.7. The quantitative estimate of drug-likeness (QED) is 0.307. The minimum atomic E-state index is -0.0903. The number of aromatic nitrogens is 4. The van der Waals surface area contributed by atoms with Crippen molar-refractivity contribution in [2.45, 2.75) is 59.0 Å². The molecule has 41 heavy (non-hydrogen) atoms. The molecule has 3 N–H and O–H groups in total. The van der Waals surface area contributed by atoms with Gasteiger partial charge in [-0.05, 0) is 88.0 Å². The van der Waals surface area contributed by atoms with Gasteiger partial charge in [0.25, 0.3) is 5.56 Å². The first kappa shape index (κ1) is 27.4. The van der Waals surface area contributed by atoms with Crippen LogP contribution in [0.1, 0.15) is 61.9 Å². The van der Waals surface area contributed by atoms with Gasteiger partial charge in [-0.2, -0.15) is 4.98 Å². The molecular weight excluding hydrogens is 512 g/mol. The smallest absolute Gasteiger partial charge is 0.261 e. The van der Waals surface area contributed by atoms with Gasteiger partial charge in [0.1, 0.15) is 5.65 Å². The van der Waals surface area contributed by atoms with Gasteiger partial charge in [-0.25, -0.2) is 4.98 Å². The van der Waals surface area contributed by atoms with Gasteiger partial charge in [-0.15, -0.1) is 0 Å². The number of anilines is 3. The second kappa shape index (κ2) is 11.6. The van der Waals surface area contributed by atoms with E-state index in [1.165, 1.54) is 29.7 Å². The normalized spacial score (nSPS) is 17.8. The molecule has 214 valence electrons. The van der Waals surface area contributed by atoms with Crippen LogP contribution in [0.25, 0.3) is 22.3 Å². The van der Waals surface area contributed by atoms with E-state index in [0.717, 1.165) is 55.8 Å². The summed E-state index contributed by atoms with van der Waals surface area (Å²) in [6.45, 7) is 13.2. The third kappa shape index (κ3) is 5.56. The van der Waals surface area contributed by atoms with E-state index in [1.54, 1.807) is 10.8 Å². The lowest BCUT2D eigenvalue weighted by atomic mass is 9.96. The average molecular weight is 553 g/mol. The molecule has 0 amide bonds. The molecule has 1 unspecified atom stereocenters. The maximum Gasteiger partial charge on any atom is 0.261 e. The van der Waals surface area contributed by atoms with Gasteiger partial charge in [-0.1, -0.05) is 12.5 Å². The minimum absolute atomic E-state index is 0.0840.